The van der Waals surface area contributed by atoms with Gasteiger partial charge in [-0.3, -0.25) is 4.98 Å². The highest BCUT2D eigenvalue weighted by molar-refractivity contribution is 6.30. The number of pyridine rings is 1. The highest BCUT2D eigenvalue weighted by Gasteiger charge is 2.22. The van der Waals surface area contributed by atoms with Gasteiger partial charge >= 0.3 is 0 Å². The molecule has 2 N–H and O–H groups in total. The Morgan fingerprint density at radius 2 is 1.81 bits per heavy atom. The lowest BCUT2D eigenvalue weighted by Crippen LogP contribution is -2.17. The summed E-state index contributed by atoms with van der Waals surface area (Å²) >= 11 is 5.98. The zero-order chi connectivity index (χ0) is 17.9. The van der Waals surface area contributed by atoms with E-state index < -0.39 is 0 Å². The monoisotopic (exact) mass is 366 g/mol. The number of rotatable bonds is 5. The summed E-state index contributed by atoms with van der Waals surface area (Å²) in [7, 11) is 0. The van der Waals surface area contributed by atoms with E-state index in [9.17, 15) is 5.11 Å². The van der Waals surface area contributed by atoms with Gasteiger partial charge in [0.2, 0.25) is 0 Å². The van der Waals surface area contributed by atoms with Gasteiger partial charge in [-0.2, -0.15) is 0 Å². The molecule has 26 heavy (non-hydrogen) atoms. The topological polar surface area (TPSA) is 70.9 Å². The first kappa shape index (κ1) is 16.9. The van der Waals surface area contributed by atoms with Crippen molar-refractivity contribution < 1.29 is 5.11 Å². The van der Waals surface area contributed by atoms with Gasteiger partial charge in [0.1, 0.15) is 5.82 Å². The molecule has 0 bridgehead atoms. The number of halogens is 1. The van der Waals surface area contributed by atoms with Gasteiger partial charge in [0.25, 0.3) is 0 Å². The average molecular weight is 367 g/mol. The molecule has 1 aliphatic carbocycles. The molecule has 1 aliphatic rings. The molecule has 132 valence electrons. The SMILES string of the molecule is OCC(Nc1nc(-c2ccncc2)nc2c1CCC2)c1ccc(Cl)cc1. The summed E-state index contributed by atoms with van der Waals surface area (Å²) in [6, 6.07) is 11.1. The van der Waals surface area contributed by atoms with Gasteiger partial charge in [0, 0.05) is 34.2 Å². The number of aliphatic hydroxyl groups is 1. The van der Waals surface area contributed by atoms with Gasteiger partial charge < -0.3 is 10.4 Å². The van der Waals surface area contributed by atoms with Crippen molar-refractivity contribution in [3.63, 3.8) is 0 Å². The number of aryl methyl sites for hydroxylation is 1. The van der Waals surface area contributed by atoms with Gasteiger partial charge in [-0.1, -0.05) is 23.7 Å². The van der Waals surface area contributed by atoms with Crippen LogP contribution in [0.5, 0.6) is 0 Å². The molecular formula is C20H19ClN4O. The predicted molar refractivity (Wildman–Crippen MR) is 102 cm³/mol. The van der Waals surface area contributed by atoms with Gasteiger partial charge in [-0.05, 0) is 49.1 Å². The maximum absolute atomic E-state index is 9.90. The molecule has 1 atom stereocenters. The summed E-state index contributed by atoms with van der Waals surface area (Å²) in [6.45, 7) is -0.0367. The Labute approximate surface area is 157 Å². The summed E-state index contributed by atoms with van der Waals surface area (Å²) in [5.41, 5.74) is 4.13. The third kappa shape index (κ3) is 3.41. The Kier molecular flexibility index (Phi) is 4.82. The van der Waals surface area contributed by atoms with Crippen LogP contribution < -0.4 is 5.32 Å². The molecule has 0 radical (unpaired) electrons. The summed E-state index contributed by atoms with van der Waals surface area (Å²) < 4.78 is 0. The first-order valence-electron chi connectivity index (χ1n) is 8.67. The standard InChI is InChI=1S/C20H19ClN4O/c21-15-6-4-13(5-7-15)18(12-26)24-20-16-2-1-3-17(16)23-19(25-20)14-8-10-22-11-9-14/h4-11,18,26H,1-3,12H2,(H,23,24,25). The molecule has 1 unspecified atom stereocenters. The van der Waals surface area contributed by atoms with Crippen LogP contribution in [0.4, 0.5) is 5.82 Å². The minimum atomic E-state index is -0.253. The normalized spacial score (nSPS) is 14.1. The van der Waals surface area contributed by atoms with Crippen molar-refractivity contribution in [3.8, 4) is 11.4 Å². The fraction of sp³-hybridized carbons (Fsp3) is 0.250. The number of aromatic nitrogens is 3. The van der Waals surface area contributed by atoms with Gasteiger partial charge in [0.05, 0.1) is 12.6 Å². The number of anilines is 1. The van der Waals surface area contributed by atoms with Crippen molar-refractivity contribution in [2.45, 2.75) is 25.3 Å². The van der Waals surface area contributed by atoms with E-state index in [4.69, 9.17) is 21.6 Å². The van der Waals surface area contributed by atoms with Gasteiger partial charge in [-0.25, -0.2) is 9.97 Å². The summed E-state index contributed by atoms with van der Waals surface area (Å²) in [5, 5.41) is 14.0. The van der Waals surface area contributed by atoms with Crippen LogP contribution in [0.25, 0.3) is 11.4 Å². The molecule has 3 aromatic rings. The second-order valence-electron chi connectivity index (χ2n) is 6.34. The Hall–Kier alpha value is -2.50. The summed E-state index contributed by atoms with van der Waals surface area (Å²) in [6.07, 6.45) is 6.46. The molecule has 0 aliphatic heterocycles. The number of nitrogens with zero attached hydrogens (tertiary/aromatic N) is 3. The van der Waals surface area contributed by atoms with E-state index in [1.54, 1.807) is 12.4 Å². The van der Waals surface area contributed by atoms with Crippen LogP contribution in [0.2, 0.25) is 5.02 Å². The zero-order valence-corrected chi connectivity index (χ0v) is 14.9. The molecule has 0 saturated heterocycles. The lowest BCUT2D eigenvalue weighted by molar-refractivity contribution is 0.276. The minimum absolute atomic E-state index is 0.0367. The first-order chi connectivity index (χ1) is 12.7. The highest BCUT2D eigenvalue weighted by atomic mass is 35.5. The van der Waals surface area contributed by atoms with Gasteiger partial charge in [0.15, 0.2) is 5.82 Å². The molecule has 1 aromatic carbocycles. The number of nitrogens with one attached hydrogen (secondary N) is 1. The van der Waals surface area contributed by atoms with E-state index >= 15 is 0 Å². The van der Waals surface area contributed by atoms with Crippen LogP contribution >= 0.6 is 11.6 Å². The van der Waals surface area contributed by atoms with Crippen molar-refractivity contribution >= 4 is 17.4 Å². The Morgan fingerprint density at radius 3 is 2.54 bits per heavy atom. The van der Waals surface area contributed by atoms with E-state index in [1.165, 1.54) is 0 Å². The molecule has 6 heteroatoms. The lowest BCUT2D eigenvalue weighted by atomic mass is 10.1. The average Bonchev–Trinajstić information content (AvgIpc) is 3.16. The van der Waals surface area contributed by atoms with Gasteiger partial charge in [-0.15, -0.1) is 0 Å². The molecule has 2 aromatic heterocycles. The quantitative estimate of drug-likeness (QED) is 0.718. The molecule has 0 fully saturated rings. The molecule has 4 rings (SSSR count). The predicted octanol–water partition coefficient (Wildman–Crippen LogP) is 3.83. The van der Waals surface area contributed by atoms with Crippen molar-refractivity contribution in [1.82, 2.24) is 15.0 Å². The Morgan fingerprint density at radius 1 is 1.04 bits per heavy atom. The van der Waals surface area contributed by atoms with Crippen LogP contribution in [-0.4, -0.2) is 26.7 Å². The number of benzene rings is 1. The van der Waals surface area contributed by atoms with E-state index in [-0.39, 0.29) is 12.6 Å². The summed E-state index contributed by atoms with van der Waals surface area (Å²) in [5.74, 6) is 1.48. The Balaban J connectivity index is 1.71. The third-order valence-electron chi connectivity index (χ3n) is 4.64. The second kappa shape index (κ2) is 7.40. The second-order valence-corrected chi connectivity index (χ2v) is 6.78. The molecule has 0 spiro atoms. The molecule has 0 amide bonds. The molecule has 2 heterocycles. The Bertz CT molecular complexity index is 900. The maximum Gasteiger partial charge on any atom is 0.161 e. The van der Waals surface area contributed by atoms with E-state index in [0.717, 1.165) is 47.5 Å². The van der Waals surface area contributed by atoms with Crippen molar-refractivity contribution in [2.75, 3.05) is 11.9 Å². The van der Waals surface area contributed by atoms with Crippen LogP contribution in [0, 0.1) is 0 Å². The van der Waals surface area contributed by atoms with Crippen molar-refractivity contribution in [2.24, 2.45) is 0 Å². The molecule has 5 nitrogen and oxygen atoms in total. The van der Waals surface area contributed by atoms with Crippen LogP contribution in [-0.2, 0) is 12.8 Å². The zero-order valence-electron chi connectivity index (χ0n) is 14.2. The van der Waals surface area contributed by atoms with Crippen LogP contribution in [0.15, 0.2) is 48.8 Å². The fourth-order valence-corrected chi connectivity index (χ4v) is 3.40. The van der Waals surface area contributed by atoms with Crippen LogP contribution in [0.3, 0.4) is 0 Å². The largest absolute Gasteiger partial charge is 0.394 e. The minimum Gasteiger partial charge on any atom is -0.394 e. The molecular weight excluding hydrogens is 348 g/mol. The summed E-state index contributed by atoms with van der Waals surface area (Å²) in [4.78, 5) is 13.6. The third-order valence-corrected chi connectivity index (χ3v) is 4.89. The van der Waals surface area contributed by atoms with Crippen LogP contribution in [0.1, 0.15) is 29.3 Å². The fourth-order valence-electron chi connectivity index (χ4n) is 3.28. The number of aliphatic hydroxyl groups excluding tert-OH is 1. The highest BCUT2D eigenvalue weighted by Crippen LogP contribution is 2.31. The smallest absolute Gasteiger partial charge is 0.161 e. The van der Waals surface area contributed by atoms with Crippen molar-refractivity contribution in [1.29, 1.82) is 0 Å². The number of hydrogen-bond donors (Lipinski definition) is 2. The van der Waals surface area contributed by atoms with E-state index in [0.29, 0.717) is 10.8 Å². The maximum atomic E-state index is 9.90. The lowest BCUT2D eigenvalue weighted by Gasteiger charge is -2.20. The number of fused-ring (bicyclic) bond motifs is 1. The first-order valence-corrected chi connectivity index (χ1v) is 9.05. The van der Waals surface area contributed by atoms with E-state index in [2.05, 4.69) is 10.3 Å². The number of hydrogen-bond acceptors (Lipinski definition) is 5. The molecule has 0 saturated carbocycles. The van der Waals surface area contributed by atoms with E-state index in [1.807, 2.05) is 36.4 Å². The van der Waals surface area contributed by atoms with Crippen molar-refractivity contribution in [3.05, 3.63) is 70.6 Å².